The van der Waals surface area contributed by atoms with Crippen molar-refractivity contribution in [1.29, 1.82) is 0 Å². The number of aliphatic hydroxyl groups excluding tert-OH is 1. The molecule has 4 N–H and O–H groups in total. The summed E-state index contributed by atoms with van der Waals surface area (Å²) in [5.74, 6) is 0.823. The molecule has 2 aromatic rings. The van der Waals surface area contributed by atoms with E-state index in [0.29, 0.717) is 43.4 Å². The van der Waals surface area contributed by atoms with Crippen LogP contribution < -0.4 is 11.1 Å². The lowest BCUT2D eigenvalue weighted by atomic mass is 10.0. The number of aliphatic hydroxyl groups is 1. The van der Waals surface area contributed by atoms with E-state index < -0.39 is 0 Å². The highest BCUT2D eigenvalue weighted by Crippen LogP contribution is 2.35. The van der Waals surface area contributed by atoms with Crippen LogP contribution in [0.2, 0.25) is 0 Å². The van der Waals surface area contributed by atoms with E-state index in [1.165, 1.54) is 0 Å². The van der Waals surface area contributed by atoms with Crippen molar-refractivity contribution in [3.63, 3.8) is 0 Å². The van der Waals surface area contributed by atoms with Gasteiger partial charge in [0.15, 0.2) is 0 Å². The average molecular weight is 550 g/mol. The number of carbonyl (C=O) groups excluding carboxylic acids is 2. The normalized spacial score (nSPS) is 15.4. The zero-order valence-electron chi connectivity index (χ0n) is 22.6. The van der Waals surface area contributed by atoms with Crippen molar-refractivity contribution in [2.24, 2.45) is 16.6 Å². The molecule has 208 valence electrons. The summed E-state index contributed by atoms with van der Waals surface area (Å²) >= 11 is 1.72. The van der Waals surface area contributed by atoms with Gasteiger partial charge in [-0.2, -0.15) is 0 Å². The van der Waals surface area contributed by atoms with Gasteiger partial charge < -0.3 is 21.1 Å². The summed E-state index contributed by atoms with van der Waals surface area (Å²) in [5, 5.41) is 12.0. The largest absolute Gasteiger partial charge is 0.396 e. The highest BCUT2D eigenvalue weighted by Gasteiger charge is 2.26. The number of nitrogens with zero attached hydrogens (tertiary/aromatic N) is 3. The molecule has 0 radical (unpaired) electrons. The average Bonchev–Trinajstić information content (AvgIpc) is 3.09. The third-order valence-electron chi connectivity index (χ3n) is 6.97. The molecule has 2 aromatic carbocycles. The standard InChI is InChI=1S/C30H39N5O3S/c1-2-12-34(13-5-3-4-11-32-21-37)30(38)26-14-25-10-9-24(16-28(25)33-29(31)17-26)23-7-6-8-27(15-23)39-35-18-22(19-35)20-36/h6-10,14-16,21-22,36H,2-5,11-13,17-20H2,1H3,(H2,31,33)(H,32,37). The number of fused-ring (bicyclic) bond motifs is 1. The fraction of sp³-hybridized carbons (Fsp3) is 0.433. The Hall–Kier alpha value is -3.14. The maximum absolute atomic E-state index is 13.5. The molecule has 1 saturated heterocycles. The zero-order chi connectivity index (χ0) is 27.6. The van der Waals surface area contributed by atoms with E-state index in [2.05, 4.69) is 51.9 Å². The van der Waals surface area contributed by atoms with Crippen LogP contribution in [0, 0.1) is 5.92 Å². The third kappa shape index (κ3) is 7.94. The quantitative estimate of drug-likeness (QED) is 0.185. The fourth-order valence-electron chi connectivity index (χ4n) is 4.85. The second kappa shape index (κ2) is 14.3. The van der Waals surface area contributed by atoms with E-state index in [-0.39, 0.29) is 12.5 Å². The molecule has 1 fully saturated rings. The van der Waals surface area contributed by atoms with E-state index in [4.69, 9.17) is 5.73 Å². The van der Waals surface area contributed by atoms with Crippen LogP contribution >= 0.6 is 11.9 Å². The topological polar surface area (TPSA) is 111 Å². The monoisotopic (exact) mass is 549 g/mol. The molecule has 0 atom stereocenters. The Morgan fingerprint density at radius 3 is 2.77 bits per heavy atom. The maximum Gasteiger partial charge on any atom is 0.250 e. The van der Waals surface area contributed by atoms with Crippen molar-refractivity contribution in [2.75, 3.05) is 39.3 Å². The van der Waals surface area contributed by atoms with Gasteiger partial charge in [-0.15, -0.1) is 0 Å². The number of nitrogens with two attached hydrogens (primary N) is 1. The van der Waals surface area contributed by atoms with Crippen molar-refractivity contribution >= 4 is 41.9 Å². The van der Waals surface area contributed by atoms with Crippen molar-refractivity contribution in [1.82, 2.24) is 14.5 Å². The summed E-state index contributed by atoms with van der Waals surface area (Å²) in [5.41, 5.74) is 10.8. The van der Waals surface area contributed by atoms with E-state index in [1.807, 2.05) is 23.1 Å². The molecule has 39 heavy (non-hydrogen) atoms. The Kier molecular flexibility index (Phi) is 10.6. The number of carbonyl (C=O) groups is 2. The van der Waals surface area contributed by atoms with Crippen molar-refractivity contribution in [2.45, 2.75) is 43.9 Å². The Morgan fingerprint density at radius 1 is 1.18 bits per heavy atom. The number of nitrogens with one attached hydrogen (secondary N) is 1. The van der Waals surface area contributed by atoms with Crippen LogP contribution in [0.1, 0.15) is 44.6 Å². The van der Waals surface area contributed by atoms with Gasteiger partial charge >= 0.3 is 0 Å². The summed E-state index contributed by atoms with van der Waals surface area (Å²) in [6.45, 7) is 6.16. The number of hydrogen-bond acceptors (Lipinski definition) is 7. The van der Waals surface area contributed by atoms with Crippen molar-refractivity contribution in [3.8, 4) is 11.1 Å². The molecule has 0 aliphatic carbocycles. The first kappa shape index (κ1) is 28.9. The lowest BCUT2D eigenvalue weighted by molar-refractivity contribution is -0.127. The smallest absolute Gasteiger partial charge is 0.250 e. The number of benzene rings is 2. The first-order valence-electron chi connectivity index (χ1n) is 13.8. The number of amides is 2. The first-order chi connectivity index (χ1) is 19.0. The van der Waals surface area contributed by atoms with E-state index >= 15 is 0 Å². The highest BCUT2D eigenvalue weighted by atomic mass is 32.2. The molecule has 9 heteroatoms. The second-order valence-electron chi connectivity index (χ2n) is 10.2. The molecular formula is C30H39N5O3S. The van der Waals surface area contributed by atoms with Crippen LogP contribution in [-0.4, -0.2) is 71.8 Å². The predicted octanol–water partition coefficient (Wildman–Crippen LogP) is 4.22. The zero-order valence-corrected chi connectivity index (χ0v) is 23.5. The summed E-state index contributed by atoms with van der Waals surface area (Å²) in [7, 11) is 0. The molecule has 2 aliphatic rings. The number of aliphatic imine (C=N–C) groups is 1. The van der Waals surface area contributed by atoms with Gasteiger partial charge in [-0.25, -0.2) is 9.30 Å². The minimum atomic E-state index is 0.0112. The van der Waals surface area contributed by atoms with Crippen LogP contribution in [0.5, 0.6) is 0 Å². The predicted molar refractivity (Wildman–Crippen MR) is 159 cm³/mol. The van der Waals surface area contributed by atoms with Gasteiger partial charge in [0.25, 0.3) is 0 Å². The lowest BCUT2D eigenvalue weighted by Crippen LogP contribution is -2.43. The van der Waals surface area contributed by atoms with Gasteiger partial charge in [-0.05, 0) is 73.0 Å². The molecule has 2 amide bonds. The fourth-order valence-corrected chi connectivity index (χ4v) is 6.04. The summed E-state index contributed by atoms with van der Waals surface area (Å²) in [6, 6.07) is 14.5. The minimum Gasteiger partial charge on any atom is -0.396 e. The Bertz CT molecular complexity index is 1210. The van der Waals surface area contributed by atoms with Gasteiger partial charge in [0.1, 0.15) is 5.84 Å². The lowest BCUT2D eigenvalue weighted by Gasteiger charge is -2.36. The minimum absolute atomic E-state index is 0.0112. The summed E-state index contributed by atoms with van der Waals surface area (Å²) in [4.78, 5) is 31.7. The number of unbranched alkanes of at least 4 members (excludes halogenated alkanes) is 2. The Balaban J connectivity index is 1.47. The molecule has 0 aromatic heterocycles. The molecule has 2 heterocycles. The van der Waals surface area contributed by atoms with Gasteiger partial charge in [-0.3, -0.25) is 9.59 Å². The highest BCUT2D eigenvalue weighted by molar-refractivity contribution is 7.97. The molecule has 0 spiro atoms. The number of rotatable bonds is 14. The molecule has 8 nitrogen and oxygen atoms in total. The molecule has 0 unspecified atom stereocenters. The molecular weight excluding hydrogens is 510 g/mol. The SMILES string of the molecule is CCCN(CCCCCNC=O)C(=O)C1=Cc2ccc(-c3cccc(SN4CC(CO)C4)c3)cc2N=C(N)C1. The second-order valence-corrected chi connectivity index (χ2v) is 11.3. The third-order valence-corrected chi connectivity index (χ3v) is 7.99. The van der Waals surface area contributed by atoms with Gasteiger partial charge in [0.2, 0.25) is 12.3 Å². The van der Waals surface area contributed by atoms with E-state index in [9.17, 15) is 14.7 Å². The van der Waals surface area contributed by atoms with E-state index in [0.717, 1.165) is 72.5 Å². The van der Waals surface area contributed by atoms with Crippen LogP contribution in [0.4, 0.5) is 5.69 Å². The van der Waals surface area contributed by atoms with Crippen molar-refractivity contribution in [3.05, 3.63) is 53.6 Å². The van der Waals surface area contributed by atoms with Gasteiger partial charge in [0, 0.05) is 67.7 Å². The van der Waals surface area contributed by atoms with Crippen molar-refractivity contribution < 1.29 is 14.7 Å². The summed E-state index contributed by atoms with van der Waals surface area (Å²) in [6.07, 6.45) is 6.60. The Morgan fingerprint density at radius 2 is 2.00 bits per heavy atom. The Labute approximate surface area is 235 Å². The first-order valence-corrected chi connectivity index (χ1v) is 14.6. The van der Waals surface area contributed by atoms with Crippen LogP contribution in [0.25, 0.3) is 17.2 Å². The van der Waals surface area contributed by atoms with Gasteiger partial charge in [0.05, 0.1) is 5.69 Å². The summed E-state index contributed by atoms with van der Waals surface area (Å²) < 4.78 is 2.26. The van der Waals surface area contributed by atoms with Crippen LogP contribution in [0.15, 0.2) is 57.9 Å². The maximum atomic E-state index is 13.5. The molecule has 4 rings (SSSR count). The molecule has 0 saturated carbocycles. The van der Waals surface area contributed by atoms with Gasteiger partial charge in [-0.1, -0.05) is 31.2 Å². The molecule has 0 bridgehead atoms. The number of amidine groups is 1. The van der Waals surface area contributed by atoms with Crippen LogP contribution in [-0.2, 0) is 9.59 Å². The molecule has 2 aliphatic heterocycles. The number of hydrogen-bond donors (Lipinski definition) is 3. The van der Waals surface area contributed by atoms with E-state index in [1.54, 1.807) is 11.9 Å². The van der Waals surface area contributed by atoms with Crippen LogP contribution in [0.3, 0.4) is 0 Å².